The van der Waals surface area contributed by atoms with Crippen molar-refractivity contribution in [2.75, 3.05) is 6.66 Å². The molecule has 0 aliphatic carbocycles. The molecule has 0 spiro atoms. The van der Waals surface area contributed by atoms with Crippen molar-refractivity contribution in [1.29, 1.82) is 0 Å². The Kier molecular flexibility index (Phi) is 2.60. The highest BCUT2D eigenvalue weighted by Crippen LogP contribution is 2.17. The summed E-state index contributed by atoms with van der Waals surface area (Å²) in [5, 5.41) is 7.91. The molecule has 1 atom stereocenters. The zero-order chi connectivity index (χ0) is 9.97. The summed E-state index contributed by atoms with van der Waals surface area (Å²) in [7, 11) is 0.553. The number of nitrogens with zero attached hydrogens (tertiary/aromatic N) is 2. The van der Waals surface area contributed by atoms with E-state index >= 15 is 0 Å². The van der Waals surface area contributed by atoms with E-state index < -0.39 is 0 Å². The molecule has 14 heavy (non-hydrogen) atoms. The first kappa shape index (κ1) is 9.35. The quantitative estimate of drug-likeness (QED) is 0.705. The van der Waals surface area contributed by atoms with Crippen LogP contribution in [0.2, 0.25) is 0 Å². The van der Waals surface area contributed by atoms with Crippen LogP contribution in [0.15, 0.2) is 28.7 Å². The second-order valence-electron chi connectivity index (χ2n) is 3.03. The highest BCUT2D eigenvalue weighted by molar-refractivity contribution is 7.45. The lowest BCUT2D eigenvalue weighted by Crippen LogP contribution is -1.90. The van der Waals surface area contributed by atoms with E-state index in [9.17, 15) is 0 Å². The second kappa shape index (κ2) is 3.89. The van der Waals surface area contributed by atoms with E-state index in [-0.39, 0.29) is 0 Å². The van der Waals surface area contributed by atoms with Gasteiger partial charge in [-0.1, -0.05) is 17.7 Å². The molecule has 3 nitrogen and oxygen atoms in total. The molecule has 0 aliphatic rings. The third-order valence-corrected chi connectivity index (χ3v) is 2.57. The predicted molar refractivity (Wildman–Crippen MR) is 58.3 cm³/mol. The Labute approximate surface area is 84.3 Å². The largest absolute Gasteiger partial charge is 0.417 e. The molecule has 0 bridgehead atoms. The van der Waals surface area contributed by atoms with Gasteiger partial charge in [0.05, 0.1) is 0 Å². The van der Waals surface area contributed by atoms with E-state index in [4.69, 9.17) is 4.42 Å². The van der Waals surface area contributed by atoms with Gasteiger partial charge in [-0.25, -0.2) is 0 Å². The zero-order valence-corrected chi connectivity index (χ0v) is 9.11. The molecule has 0 saturated heterocycles. The van der Waals surface area contributed by atoms with Crippen molar-refractivity contribution in [2.24, 2.45) is 0 Å². The van der Waals surface area contributed by atoms with E-state index in [1.54, 1.807) is 0 Å². The summed E-state index contributed by atoms with van der Waals surface area (Å²) in [6, 6.07) is 8.05. The molecule has 72 valence electrons. The molecular weight excluding hydrogens is 195 g/mol. The van der Waals surface area contributed by atoms with Crippen molar-refractivity contribution >= 4 is 14.2 Å². The fourth-order valence-electron chi connectivity index (χ4n) is 1.14. The number of rotatable bonds is 2. The van der Waals surface area contributed by atoms with Gasteiger partial charge in [-0.05, 0) is 34.3 Å². The Hall–Kier alpha value is -1.21. The lowest BCUT2D eigenvalue weighted by Gasteiger charge is -1.94. The Balaban J connectivity index is 2.34. The van der Waals surface area contributed by atoms with Gasteiger partial charge < -0.3 is 4.42 Å². The molecular formula is C10H11N2OP. The summed E-state index contributed by atoms with van der Waals surface area (Å²) in [6.07, 6.45) is 0. The molecule has 0 fully saturated rings. The molecule has 0 amide bonds. The molecule has 1 aromatic heterocycles. The van der Waals surface area contributed by atoms with Crippen LogP contribution in [-0.4, -0.2) is 16.9 Å². The Bertz CT molecular complexity index is 422. The lowest BCUT2D eigenvalue weighted by atomic mass is 10.1. The number of benzene rings is 1. The number of aryl methyl sites for hydroxylation is 1. The van der Waals surface area contributed by atoms with Gasteiger partial charge in [0.15, 0.2) is 0 Å². The first-order valence-electron chi connectivity index (χ1n) is 4.38. The van der Waals surface area contributed by atoms with Gasteiger partial charge in [0.2, 0.25) is 11.5 Å². The molecule has 2 rings (SSSR count). The summed E-state index contributed by atoms with van der Waals surface area (Å²) >= 11 is 0. The van der Waals surface area contributed by atoms with Crippen LogP contribution in [0, 0.1) is 6.92 Å². The topological polar surface area (TPSA) is 38.9 Å². The van der Waals surface area contributed by atoms with Crippen LogP contribution in [0.3, 0.4) is 0 Å². The van der Waals surface area contributed by atoms with E-state index in [0.717, 1.165) is 5.56 Å². The van der Waals surface area contributed by atoms with Crippen LogP contribution >= 0.6 is 8.58 Å². The molecule has 1 unspecified atom stereocenters. The van der Waals surface area contributed by atoms with E-state index in [0.29, 0.717) is 20.1 Å². The van der Waals surface area contributed by atoms with Crippen molar-refractivity contribution < 1.29 is 4.42 Å². The average molecular weight is 206 g/mol. The Morgan fingerprint density at radius 3 is 2.43 bits per heavy atom. The van der Waals surface area contributed by atoms with Crippen LogP contribution in [0.4, 0.5) is 0 Å². The van der Waals surface area contributed by atoms with Gasteiger partial charge in [0.25, 0.3) is 0 Å². The van der Waals surface area contributed by atoms with Crippen molar-refractivity contribution in [3.63, 3.8) is 0 Å². The summed E-state index contributed by atoms with van der Waals surface area (Å²) in [6.45, 7) is 4.07. The van der Waals surface area contributed by atoms with E-state index in [1.807, 2.05) is 30.9 Å². The SMILES string of the molecule is CPc1nnc(-c2ccc(C)cc2)o1. The van der Waals surface area contributed by atoms with Gasteiger partial charge in [-0.3, -0.25) is 0 Å². The fourth-order valence-corrected chi connectivity index (χ4v) is 1.49. The number of aromatic nitrogens is 2. The molecule has 1 heterocycles. The van der Waals surface area contributed by atoms with Gasteiger partial charge in [0.1, 0.15) is 0 Å². The minimum Gasteiger partial charge on any atom is -0.417 e. The standard InChI is InChI=1S/C10H11N2OP/c1-7-3-5-8(6-4-7)9-11-12-10(13-9)14-2/h3-6,14H,1-2H3. The summed E-state index contributed by atoms with van der Waals surface area (Å²) < 4.78 is 5.45. The van der Waals surface area contributed by atoms with Crippen LogP contribution in [-0.2, 0) is 0 Å². The monoisotopic (exact) mass is 206 g/mol. The normalized spacial score (nSPS) is 11.3. The van der Waals surface area contributed by atoms with Gasteiger partial charge in [-0.2, -0.15) is 0 Å². The second-order valence-corrected chi connectivity index (χ2v) is 3.96. The third-order valence-electron chi connectivity index (χ3n) is 1.94. The van der Waals surface area contributed by atoms with E-state index in [2.05, 4.69) is 17.1 Å². The van der Waals surface area contributed by atoms with Gasteiger partial charge in [0, 0.05) is 5.56 Å². The molecule has 0 N–H and O–H groups in total. The number of hydrogen-bond donors (Lipinski definition) is 0. The van der Waals surface area contributed by atoms with Crippen LogP contribution < -0.4 is 5.63 Å². The molecule has 2 aromatic rings. The van der Waals surface area contributed by atoms with Gasteiger partial charge in [-0.15, -0.1) is 10.2 Å². The minimum atomic E-state index is 0.553. The molecule has 1 aromatic carbocycles. The maximum Gasteiger partial charge on any atom is 0.248 e. The summed E-state index contributed by atoms with van der Waals surface area (Å²) in [4.78, 5) is 0. The maximum atomic E-state index is 5.45. The summed E-state index contributed by atoms with van der Waals surface area (Å²) in [5.41, 5.74) is 2.92. The number of hydrogen-bond acceptors (Lipinski definition) is 3. The highest BCUT2D eigenvalue weighted by atomic mass is 31.1. The van der Waals surface area contributed by atoms with Crippen LogP contribution in [0.5, 0.6) is 0 Å². The molecule has 0 aliphatic heterocycles. The van der Waals surface area contributed by atoms with Crippen molar-refractivity contribution in [3.8, 4) is 11.5 Å². The minimum absolute atomic E-state index is 0.553. The van der Waals surface area contributed by atoms with Crippen molar-refractivity contribution in [1.82, 2.24) is 10.2 Å². The lowest BCUT2D eigenvalue weighted by molar-refractivity contribution is 0.606. The highest BCUT2D eigenvalue weighted by Gasteiger charge is 2.05. The van der Waals surface area contributed by atoms with Crippen molar-refractivity contribution in [3.05, 3.63) is 29.8 Å². The first-order valence-corrected chi connectivity index (χ1v) is 5.88. The zero-order valence-electron chi connectivity index (χ0n) is 8.11. The van der Waals surface area contributed by atoms with E-state index in [1.165, 1.54) is 5.56 Å². The Morgan fingerprint density at radius 1 is 1.14 bits per heavy atom. The fraction of sp³-hybridized carbons (Fsp3) is 0.200. The van der Waals surface area contributed by atoms with Crippen molar-refractivity contribution in [2.45, 2.75) is 6.92 Å². The Morgan fingerprint density at radius 2 is 1.86 bits per heavy atom. The predicted octanol–water partition coefficient (Wildman–Crippen LogP) is 1.98. The van der Waals surface area contributed by atoms with Gasteiger partial charge >= 0.3 is 0 Å². The third kappa shape index (κ3) is 1.83. The molecule has 0 saturated carbocycles. The smallest absolute Gasteiger partial charge is 0.248 e. The van der Waals surface area contributed by atoms with Crippen LogP contribution in [0.1, 0.15) is 5.56 Å². The maximum absolute atomic E-state index is 5.45. The summed E-state index contributed by atoms with van der Waals surface area (Å²) in [5.74, 6) is 0.606. The molecule has 4 heteroatoms. The van der Waals surface area contributed by atoms with Crippen LogP contribution in [0.25, 0.3) is 11.5 Å². The molecule has 0 radical (unpaired) electrons. The first-order chi connectivity index (χ1) is 6.79. The average Bonchev–Trinajstić information content (AvgIpc) is 2.67.